The Kier molecular flexibility index (Phi) is 4.12. The Labute approximate surface area is 156 Å². The van der Waals surface area contributed by atoms with Crippen LogP contribution in [0.15, 0.2) is 24.3 Å². The molecular weight excluding hydrogens is 361 g/mol. The number of amides is 2. The predicted molar refractivity (Wildman–Crippen MR) is 92.0 cm³/mol. The van der Waals surface area contributed by atoms with E-state index in [1.165, 1.54) is 7.11 Å². The van der Waals surface area contributed by atoms with Crippen molar-refractivity contribution in [2.24, 2.45) is 11.8 Å². The topological polar surface area (TPSA) is 58.6 Å². The number of carbonyl (C=O) groups is 2. The van der Waals surface area contributed by atoms with Gasteiger partial charge in [0, 0.05) is 31.9 Å². The highest BCUT2D eigenvalue weighted by Crippen LogP contribution is 2.59. The van der Waals surface area contributed by atoms with Gasteiger partial charge in [0.15, 0.2) is 0 Å². The summed E-state index contributed by atoms with van der Waals surface area (Å²) in [5.41, 5.74) is 0.0479. The fraction of sp³-hybridized carbons (Fsp3) is 0.579. The number of alkyl halides is 3. The summed E-state index contributed by atoms with van der Waals surface area (Å²) in [6.45, 7) is 1.22. The van der Waals surface area contributed by atoms with E-state index in [4.69, 9.17) is 0 Å². The van der Waals surface area contributed by atoms with Crippen LogP contribution in [-0.2, 0) is 21.1 Å². The van der Waals surface area contributed by atoms with Crippen LogP contribution in [0.3, 0.4) is 0 Å². The molecule has 2 unspecified atom stereocenters. The Morgan fingerprint density at radius 2 is 1.93 bits per heavy atom. The smallest absolute Gasteiger partial charge is 0.416 e. The maximum atomic E-state index is 12.8. The average Bonchev–Trinajstić information content (AvgIpc) is 3.17. The third-order valence-corrected chi connectivity index (χ3v) is 6.24. The number of benzene rings is 1. The van der Waals surface area contributed by atoms with E-state index in [0.717, 1.165) is 24.1 Å². The molecule has 2 amide bonds. The predicted octanol–water partition coefficient (Wildman–Crippen LogP) is 3.19. The summed E-state index contributed by atoms with van der Waals surface area (Å²) in [7, 11) is 1.30. The number of fused-ring (bicyclic) bond motifs is 1. The zero-order valence-electron chi connectivity index (χ0n) is 14.9. The second-order valence-corrected chi connectivity index (χ2v) is 7.85. The van der Waals surface area contributed by atoms with Crippen LogP contribution in [0.4, 0.5) is 18.0 Å². The summed E-state index contributed by atoms with van der Waals surface area (Å²) >= 11 is 0. The Balaban J connectivity index is 0.00000225. The number of likely N-dealkylation sites (tertiary alicyclic amines) is 1. The lowest BCUT2D eigenvalue weighted by molar-refractivity contribution is -0.138. The van der Waals surface area contributed by atoms with Gasteiger partial charge in [-0.05, 0) is 42.9 Å². The first kappa shape index (κ1) is 18.1. The molecule has 3 aliphatic rings. The SMILES string of the molecule is COC(=O)NC1CC(C(=O)N2CC3CC3(c3ccc(C(F)(F)F)cc3)C2)C1.[HH]. The quantitative estimate of drug-likeness (QED) is 0.871. The van der Waals surface area contributed by atoms with Crippen LogP contribution < -0.4 is 5.32 Å². The van der Waals surface area contributed by atoms with Crippen molar-refractivity contribution in [3.8, 4) is 0 Å². The minimum Gasteiger partial charge on any atom is -0.453 e. The summed E-state index contributed by atoms with van der Waals surface area (Å²) in [4.78, 5) is 25.7. The summed E-state index contributed by atoms with van der Waals surface area (Å²) in [5.74, 6) is 0.299. The molecule has 2 saturated carbocycles. The van der Waals surface area contributed by atoms with Gasteiger partial charge in [0.2, 0.25) is 5.91 Å². The zero-order chi connectivity index (χ0) is 19.4. The van der Waals surface area contributed by atoms with Crippen molar-refractivity contribution in [1.29, 1.82) is 0 Å². The van der Waals surface area contributed by atoms with Gasteiger partial charge in [0.25, 0.3) is 0 Å². The van der Waals surface area contributed by atoms with E-state index in [1.54, 1.807) is 12.1 Å². The zero-order valence-corrected chi connectivity index (χ0v) is 14.9. The molecule has 5 nitrogen and oxygen atoms in total. The molecule has 1 aromatic rings. The van der Waals surface area contributed by atoms with Crippen LogP contribution >= 0.6 is 0 Å². The highest BCUT2D eigenvalue weighted by Gasteiger charge is 2.62. The summed E-state index contributed by atoms with van der Waals surface area (Å²) < 4.78 is 42.8. The van der Waals surface area contributed by atoms with Crippen LogP contribution in [0.5, 0.6) is 0 Å². The van der Waals surface area contributed by atoms with Crippen LogP contribution in [0.2, 0.25) is 0 Å². The fourth-order valence-corrected chi connectivity index (χ4v) is 4.51. The van der Waals surface area contributed by atoms with Gasteiger partial charge in [-0.2, -0.15) is 13.2 Å². The number of rotatable bonds is 3. The van der Waals surface area contributed by atoms with Gasteiger partial charge in [-0.1, -0.05) is 12.1 Å². The van der Waals surface area contributed by atoms with E-state index in [-0.39, 0.29) is 24.7 Å². The average molecular weight is 384 g/mol. The number of nitrogens with zero attached hydrogens (tertiary/aromatic N) is 1. The number of ether oxygens (including phenoxy) is 1. The molecule has 1 aliphatic heterocycles. The minimum atomic E-state index is -4.34. The number of halogens is 3. The van der Waals surface area contributed by atoms with Crippen LogP contribution in [0.1, 0.15) is 31.8 Å². The lowest BCUT2D eigenvalue weighted by Gasteiger charge is -2.37. The summed E-state index contributed by atoms with van der Waals surface area (Å²) in [6, 6.07) is 5.32. The van der Waals surface area contributed by atoms with Gasteiger partial charge in [-0.3, -0.25) is 4.79 Å². The molecule has 2 atom stereocenters. The lowest BCUT2D eigenvalue weighted by atomic mass is 9.79. The molecule has 148 valence electrons. The van der Waals surface area contributed by atoms with Crippen LogP contribution in [0, 0.1) is 11.8 Å². The van der Waals surface area contributed by atoms with Crippen molar-refractivity contribution >= 4 is 12.0 Å². The molecule has 0 radical (unpaired) electrons. The number of hydrogen-bond donors (Lipinski definition) is 1. The molecular formula is C19H23F3N2O3. The van der Waals surface area contributed by atoms with Crippen molar-refractivity contribution in [2.75, 3.05) is 20.2 Å². The normalized spacial score (nSPS) is 31.7. The fourth-order valence-electron chi connectivity index (χ4n) is 4.51. The van der Waals surface area contributed by atoms with E-state index in [1.807, 2.05) is 4.90 Å². The summed E-state index contributed by atoms with van der Waals surface area (Å²) in [6.07, 6.45) is -2.71. The van der Waals surface area contributed by atoms with E-state index in [2.05, 4.69) is 10.1 Å². The Bertz CT molecular complexity index is 765. The van der Waals surface area contributed by atoms with E-state index in [0.29, 0.717) is 31.8 Å². The number of hydrogen-bond acceptors (Lipinski definition) is 3. The number of methoxy groups -OCH3 is 1. The number of nitrogens with one attached hydrogen (secondary N) is 1. The van der Waals surface area contributed by atoms with Crippen molar-refractivity contribution in [1.82, 2.24) is 10.2 Å². The number of piperidine rings is 1. The Hall–Kier alpha value is -2.25. The van der Waals surface area contributed by atoms with Gasteiger partial charge >= 0.3 is 12.3 Å². The molecule has 1 heterocycles. The number of carbonyl (C=O) groups excluding carboxylic acids is 2. The largest absolute Gasteiger partial charge is 0.453 e. The molecule has 1 N–H and O–H groups in total. The van der Waals surface area contributed by atoms with E-state index in [9.17, 15) is 22.8 Å². The van der Waals surface area contributed by atoms with Crippen LogP contribution in [0.25, 0.3) is 0 Å². The van der Waals surface area contributed by atoms with E-state index < -0.39 is 17.8 Å². The Morgan fingerprint density at radius 3 is 2.52 bits per heavy atom. The van der Waals surface area contributed by atoms with Gasteiger partial charge in [0.1, 0.15) is 0 Å². The monoisotopic (exact) mass is 384 g/mol. The maximum Gasteiger partial charge on any atom is 0.416 e. The van der Waals surface area contributed by atoms with Crippen molar-refractivity contribution in [2.45, 2.75) is 36.9 Å². The molecule has 2 aliphatic carbocycles. The maximum absolute atomic E-state index is 12.8. The van der Waals surface area contributed by atoms with Gasteiger partial charge in [0.05, 0.1) is 12.7 Å². The molecule has 0 aromatic heterocycles. The molecule has 0 bridgehead atoms. The van der Waals surface area contributed by atoms with Crippen molar-refractivity contribution < 1.29 is 28.9 Å². The van der Waals surface area contributed by atoms with E-state index >= 15 is 0 Å². The first-order valence-electron chi connectivity index (χ1n) is 9.04. The molecule has 1 saturated heterocycles. The minimum absolute atomic E-state index is 0. The van der Waals surface area contributed by atoms with Gasteiger partial charge < -0.3 is 15.0 Å². The Morgan fingerprint density at radius 1 is 1.26 bits per heavy atom. The van der Waals surface area contributed by atoms with Crippen molar-refractivity contribution in [3.63, 3.8) is 0 Å². The second kappa shape index (κ2) is 6.14. The third-order valence-electron chi connectivity index (χ3n) is 6.24. The van der Waals surface area contributed by atoms with Crippen LogP contribution in [-0.4, -0.2) is 43.1 Å². The molecule has 0 spiro atoms. The number of alkyl carbamates (subject to hydrolysis) is 1. The lowest BCUT2D eigenvalue weighted by Crippen LogP contribution is -2.50. The highest BCUT2D eigenvalue weighted by molar-refractivity contribution is 5.81. The molecule has 4 rings (SSSR count). The molecule has 27 heavy (non-hydrogen) atoms. The molecule has 1 aromatic carbocycles. The molecule has 8 heteroatoms. The first-order valence-corrected chi connectivity index (χ1v) is 9.04. The standard InChI is InChI=1S/C19H21F3N2O3.H2/c1-27-17(26)23-15-6-11(7-15)16(25)24-9-14-8-18(14,10-24)12-2-4-13(5-3-12)19(20,21)22;/h2-5,11,14-15H,6-10H2,1H3,(H,23,26);1H. The second-order valence-electron chi connectivity index (χ2n) is 7.85. The first-order chi connectivity index (χ1) is 12.7. The highest BCUT2D eigenvalue weighted by atomic mass is 19.4. The summed E-state index contributed by atoms with van der Waals surface area (Å²) in [5, 5.41) is 2.69. The van der Waals surface area contributed by atoms with Gasteiger partial charge in [-0.15, -0.1) is 0 Å². The molecule has 3 fully saturated rings. The van der Waals surface area contributed by atoms with Crippen molar-refractivity contribution in [3.05, 3.63) is 35.4 Å². The third kappa shape index (κ3) is 3.15. The van der Waals surface area contributed by atoms with Gasteiger partial charge in [-0.25, -0.2) is 4.79 Å².